The average molecular weight is 310 g/mol. The fourth-order valence-electron chi connectivity index (χ4n) is 2.59. The van der Waals surface area contributed by atoms with Gasteiger partial charge in [0.25, 0.3) is 11.8 Å². The monoisotopic (exact) mass is 310 g/mol. The van der Waals surface area contributed by atoms with Crippen LogP contribution in [0.5, 0.6) is 0 Å². The Morgan fingerprint density at radius 1 is 1.43 bits per heavy atom. The van der Waals surface area contributed by atoms with Crippen molar-refractivity contribution in [2.45, 2.75) is 57.7 Å². The lowest BCUT2D eigenvalue weighted by Crippen LogP contribution is -2.34. The lowest BCUT2D eigenvalue weighted by Gasteiger charge is -2.26. The lowest BCUT2D eigenvalue weighted by molar-refractivity contribution is -0.132. The minimum absolute atomic E-state index is 0.174. The van der Waals surface area contributed by atoms with Gasteiger partial charge < -0.3 is 15.8 Å². The van der Waals surface area contributed by atoms with Crippen molar-refractivity contribution in [1.29, 1.82) is 0 Å². The molecule has 0 radical (unpaired) electrons. The van der Waals surface area contributed by atoms with Crippen LogP contribution in [0.3, 0.4) is 0 Å². The molecular formula is C15H22N2O3S. The number of carbonyl (C=O) groups is 2. The third-order valence-electron chi connectivity index (χ3n) is 3.72. The van der Waals surface area contributed by atoms with Gasteiger partial charge in [0.15, 0.2) is 0 Å². The number of ether oxygens (including phenoxy) is 1. The van der Waals surface area contributed by atoms with Crippen LogP contribution in [-0.2, 0) is 9.53 Å². The zero-order chi connectivity index (χ0) is 15.2. The van der Waals surface area contributed by atoms with Crippen molar-refractivity contribution in [2.24, 2.45) is 5.73 Å². The first-order valence-corrected chi connectivity index (χ1v) is 8.33. The molecular weight excluding hydrogens is 288 g/mol. The number of hydrogen-bond acceptors (Lipinski definition) is 4. The zero-order valence-corrected chi connectivity index (χ0v) is 13.1. The van der Waals surface area contributed by atoms with E-state index in [1.807, 2.05) is 6.92 Å². The highest BCUT2D eigenvalue weighted by Crippen LogP contribution is 2.24. The first-order chi connectivity index (χ1) is 10.1. The number of rotatable bonds is 6. The van der Waals surface area contributed by atoms with Gasteiger partial charge in [0.1, 0.15) is 11.0 Å². The summed E-state index contributed by atoms with van der Waals surface area (Å²) >= 11 is 1.22. The Labute approximate surface area is 128 Å². The maximum absolute atomic E-state index is 12.3. The van der Waals surface area contributed by atoms with Crippen LogP contribution < -0.4 is 11.1 Å². The van der Waals surface area contributed by atoms with Crippen molar-refractivity contribution >= 4 is 28.8 Å². The van der Waals surface area contributed by atoms with E-state index in [0.717, 1.165) is 12.8 Å². The highest BCUT2D eigenvalue weighted by atomic mass is 32.1. The fourth-order valence-corrected chi connectivity index (χ4v) is 3.29. The van der Waals surface area contributed by atoms with E-state index >= 15 is 0 Å². The van der Waals surface area contributed by atoms with Crippen molar-refractivity contribution in [3.63, 3.8) is 0 Å². The van der Waals surface area contributed by atoms with Gasteiger partial charge in [-0.2, -0.15) is 0 Å². The second-order valence-electron chi connectivity index (χ2n) is 5.31. The molecule has 116 valence electrons. The second-order valence-corrected chi connectivity index (χ2v) is 6.23. The quantitative estimate of drug-likeness (QED) is 0.847. The van der Waals surface area contributed by atoms with E-state index in [9.17, 15) is 9.59 Å². The van der Waals surface area contributed by atoms with E-state index in [0.29, 0.717) is 17.0 Å². The van der Waals surface area contributed by atoms with Gasteiger partial charge in [0.2, 0.25) is 0 Å². The summed E-state index contributed by atoms with van der Waals surface area (Å²) in [6.07, 6.45) is 5.93. The minimum atomic E-state index is -0.526. The zero-order valence-electron chi connectivity index (χ0n) is 12.3. The molecule has 1 aromatic heterocycles. The smallest absolute Gasteiger partial charge is 0.260 e. The molecule has 1 atom stereocenters. The second kappa shape index (κ2) is 7.56. The first kappa shape index (κ1) is 16.0. The molecule has 1 aliphatic carbocycles. The number of anilines is 1. The molecule has 0 bridgehead atoms. The maximum Gasteiger partial charge on any atom is 0.260 e. The van der Waals surface area contributed by atoms with Crippen LogP contribution in [0.4, 0.5) is 5.69 Å². The molecule has 1 saturated carbocycles. The summed E-state index contributed by atoms with van der Waals surface area (Å²) in [4.78, 5) is 23.9. The summed E-state index contributed by atoms with van der Waals surface area (Å²) in [5.74, 6) is -0.731. The Bertz CT molecular complexity index is 495. The van der Waals surface area contributed by atoms with Gasteiger partial charge >= 0.3 is 0 Å². The summed E-state index contributed by atoms with van der Waals surface area (Å²) in [5, 5.41) is 4.49. The van der Waals surface area contributed by atoms with Crippen LogP contribution in [0.25, 0.3) is 0 Å². The Morgan fingerprint density at radius 3 is 2.76 bits per heavy atom. The van der Waals surface area contributed by atoms with Crippen LogP contribution in [0, 0.1) is 0 Å². The standard InChI is InChI=1S/C15H22N2O3S/c1-2-12(20-10-6-4-3-5-7-10)15(19)17-11-8-9-21-13(11)14(16)18/h8-10,12H,2-7H2,1H3,(H2,16,18)(H,17,19). The molecule has 0 aliphatic heterocycles. The Kier molecular flexibility index (Phi) is 5.76. The minimum Gasteiger partial charge on any atom is -0.365 e. The summed E-state index contributed by atoms with van der Waals surface area (Å²) in [5.41, 5.74) is 5.76. The molecule has 6 heteroatoms. The van der Waals surface area contributed by atoms with Crippen LogP contribution in [0.1, 0.15) is 55.1 Å². The fraction of sp³-hybridized carbons (Fsp3) is 0.600. The van der Waals surface area contributed by atoms with Crippen LogP contribution in [-0.4, -0.2) is 24.0 Å². The van der Waals surface area contributed by atoms with Crippen molar-refractivity contribution in [3.8, 4) is 0 Å². The van der Waals surface area contributed by atoms with E-state index < -0.39 is 12.0 Å². The number of primary amides is 1. The average Bonchev–Trinajstić information content (AvgIpc) is 2.94. The predicted molar refractivity (Wildman–Crippen MR) is 83.5 cm³/mol. The summed E-state index contributed by atoms with van der Waals surface area (Å²) < 4.78 is 5.93. The first-order valence-electron chi connectivity index (χ1n) is 7.45. The van der Waals surface area contributed by atoms with Crippen LogP contribution in [0.15, 0.2) is 11.4 Å². The number of nitrogens with one attached hydrogen (secondary N) is 1. The van der Waals surface area contributed by atoms with Crippen LogP contribution >= 0.6 is 11.3 Å². The molecule has 1 heterocycles. The molecule has 1 aromatic rings. The molecule has 2 rings (SSSR count). The molecule has 1 unspecified atom stereocenters. The van der Waals surface area contributed by atoms with Crippen molar-refractivity contribution in [3.05, 3.63) is 16.3 Å². The van der Waals surface area contributed by atoms with Gasteiger partial charge in [0, 0.05) is 0 Å². The lowest BCUT2D eigenvalue weighted by atomic mass is 9.97. The Balaban J connectivity index is 1.96. The Morgan fingerprint density at radius 2 is 2.14 bits per heavy atom. The molecule has 2 amide bonds. The molecule has 0 spiro atoms. The SMILES string of the molecule is CCC(OC1CCCCC1)C(=O)Nc1ccsc1C(N)=O. The normalized spacial score (nSPS) is 17.4. The van der Waals surface area contributed by atoms with Gasteiger partial charge in [0.05, 0.1) is 11.8 Å². The third kappa shape index (κ3) is 4.28. The van der Waals surface area contributed by atoms with Gasteiger partial charge in [-0.25, -0.2) is 0 Å². The van der Waals surface area contributed by atoms with E-state index in [4.69, 9.17) is 10.5 Å². The molecule has 1 fully saturated rings. The maximum atomic E-state index is 12.3. The summed E-state index contributed by atoms with van der Waals surface area (Å²) in [7, 11) is 0. The van der Waals surface area contributed by atoms with Gasteiger partial charge in [-0.1, -0.05) is 26.2 Å². The van der Waals surface area contributed by atoms with Gasteiger partial charge in [-0.3, -0.25) is 9.59 Å². The third-order valence-corrected chi connectivity index (χ3v) is 4.65. The summed E-state index contributed by atoms with van der Waals surface area (Å²) in [6, 6.07) is 1.69. The number of amides is 2. The molecule has 3 N–H and O–H groups in total. The van der Waals surface area contributed by atoms with Crippen molar-refractivity contribution in [1.82, 2.24) is 0 Å². The molecule has 0 aromatic carbocycles. The highest BCUT2D eigenvalue weighted by molar-refractivity contribution is 7.12. The number of carbonyl (C=O) groups excluding carboxylic acids is 2. The van der Waals surface area contributed by atoms with Crippen molar-refractivity contribution < 1.29 is 14.3 Å². The summed E-state index contributed by atoms with van der Waals surface area (Å²) in [6.45, 7) is 1.93. The van der Waals surface area contributed by atoms with E-state index in [1.54, 1.807) is 11.4 Å². The molecule has 1 aliphatic rings. The van der Waals surface area contributed by atoms with E-state index in [2.05, 4.69) is 5.32 Å². The predicted octanol–water partition coefficient (Wildman–Crippen LogP) is 2.91. The van der Waals surface area contributed by atoms with E-state index in [-0.39, 0.29) is 12.0 Å². The van der Waals surface area contributed by atoms with E-state index in [1.165, 1.54) is 30.6 Å². The number of hydrogen-bond donors (Lipinski definition) is 2. The number of nitrogens with two attached hydrogens (primary N) is 1. The molecule has 21 heavy (non-hydrogen) atoms. The van der Waals surface area contributed by atoms with Crippen molar-refractivity contribution in [2.75, 3.05) is 5.32 Å². The largest absolute Gasteiger partial charge is 0.365 e. The van der Waals surface area contributed by atoms with Crippen LogP contribution in [0.2, 0.25) is 0 Å². The highest BCUT2D eigenvalue weighted by Gasteiger charge is 2.24. The number of thiophene rings is 1. The van der Waals surface area contributed by atoms with Gasteiger partial charge in [-0.05, 0) is 30.7 Å². The molecule has 0 saturated heterocycles. The topological polar surface area (TPSA) is 81.4 Å². The Hall–Kier alpha value is -1.40. The molecule has 5 nitrogen and oxygen atoms in total. The van der Waals surface area contributed by atoms with Gasteiger partial charge in [-0.15, -0.1) is 11.3 Å².